The lowest BCUT2D eigenvalue weighted by atomic mass is 10.1. The average Bonchev–Trinajstić information content (AvgIpc) is 2.92. The van der Waals surface area contributed by atoms with Crippen molar-refractivity contribution in [3.63, 3.8) is 0 Å². The number of rotatable bonds is 11. The van der Waals surface area contributed by atoms with Crippen LogP contribution in [-0.4, -0.2) is 32.1 Å². The lowest BCUT2D eigenvalue weighted by molar-refractivity contribution is -0.134. The van der Waals surface area contributed by atoms with Gasteiger partial charge in [0.1, 0.15) is 11.6 Å². The van der Waals surface area contributed by atoms with Crippen LogP contribution in [0.4, 0.5) is 10.1 Å². The SMILES string of the molecule is CS(=O)(=O)N(Cc1ccc(F)cc1)c1ccc(OCC(=O)N(Cc2ccccc2)Cc2ccccc2)cc1. The van der Waals surface area contributed by atoms with Gasteiger partial charge in [-0.2, -0.15) is 0 Å². The van der Waals surface area contributed by atoms with Crippen molar-refractivity contribution in [1.29, 1.82) is 0 Å². The summed E-state index contributed by atoms with van der Waals surface area (Å²) >= 11 is 0. The Labute approximate surface area is 223 Å². The first-order chi connectivity index (χ1) is 18.3. The predicted molar refractivity (Wildman–Crippen MR) is 147 cm³/mol. The van der Waals surface area contributed by atoms with Crippen molar-refractivity contribution in [3.05, 3.63) is 132 Å². The molecule has 0 aromatic heterocycles. The summed E-state index contributed by atoms with van der Waals surface area (Å²) in [4.78, 5) is 14.9. The van der Waals surface area contributed by atoms with E-state index >= 15 is 0 Å². The zero-order valence-electron chi connectivity index (χ0n) is 21.0. The highest BCUT2D eigenvalue weighted by molar-refractivity contribution is 7.92. The lowest BCUT2D eigenvalue weighted by Crippen LogP contribution is -2.34. The third-order valence-electron chi connectivity index (χ3n) is 5.91. The van der Waals surface area contributed by atoms with Crippen molar-refractivity contribution in [2.75, 3.05) is 17.2 Å². The summed E-state index contributed by atoms with van der Waals surface area (Å²) in [6.07, 6.45) is 1.12. The summed E-state index contributed by atoms with van der Waals surface area (Å²) in [5, 5.41) is 0. The van der Waals surface area contributed by atoms with Crippen LogP contribution in [0.3, 0.4) is 0 Å². The molecule has 6 nitrogen and oxygen atoms in total. The number of sulfonamides is 1. The van der Waals surface area contributed by atoms with Gasteiger partial charge in [0.05, 0.1) is 18.5 Å². The minimum absolute atomic E-state index is 0.0612. The van der Waals surface area contributed by atoms with E-state index < -0.39 is 10.0 Å². The van der Waals surface area contributed by atoms with Crippen molar-refractivity contribution < 1.29 is 22.3 Å². The second kappa shape index (κ2) is 12.4. The van der Waals surface area contributed by atoms with Crippen LogP contribution in [0.1, 0.15) is 16.7 Å². The summed E-state index contributed by atoms with van der Waals surface area (Å²) in [7, 11) is -3.60. The first kappa shape index (κ1) is 26.9. The Bertz CT molecular complexity index is 1390. The van der Waals surface area contributed by atoms with E-state index in [1.165, 1.54) is 16.4 Å². The number of hydrogen-bond donors (Lipinski definition) is 0. The number of nitrogens with zero attached hydrogens (tertiary/aromatic N) is 2. The number of amides is 1. The van der Waals surface area contributed by atoms with Crippen LogP contribution in [0.15, 0.2) is 109 Å². The van der Waals surface area contributed by atoms with Gasteiger partial charge in [0, 0.05) is 13.1 Å². The van der Waals surface area contributed by atoms with E-state index in [1.807, 2.05) is 60.7 Å². The van der Waals surface area contributed by atoms with Gasteiger partial charge in [-0.15, -0.1) is 0 Å². The fourth-order valence-corrected chi connectivity index (χ4v) is 4.83. The van der Waals surface area contributed by atoms with Gasteiger partial charge < -0.3 is 9.64 Å². The van der Waals surface area contributed by atoms with E-state index in [2.05, 4.69) is 0 Å². The van der Waals surface area contributed by atoms with Crippen molar-refractivity contribution in [2.45, 2.75) is 19.6 Å². The largest absolute Gasteiger partial charge is 0.484 e. The van der Waals surface area contributed by atoms with E-state index in [4.69, 9.17) is 4.74 Å². The Balaban J connectivity index is 1.43. The van der Waals surface area contributed by atoms with Gasteiger partial charge in [-0.1, -0.05) is 72.8 Å². The van der Waals surface area contributed by atoms with Crippen molar-refractivity contribution in [1.82, 2.24) is 4.90 Å². The standard InChI is InChI=1S/C30H29FN2O4S/c1-38(35,36)33(22-26-12-14-27(31)15-13-26)28-16-18-29(19-17-28)37-23-30(34)32(20-24-8-4-2-5-9-24)21-25-10-6-3-7-11-25/h2-19H,20-23H2,1H3. The predicted octanol–water partition coefficient (Wildman–Crippen LogP) is 5.40. The van der Waals surface area contributed by atoms with E-state index in [-0.39, 0.29) is 24.9 Å². The number of hydrogen-bond acceptors (Lipinski definition) is 4. The summed E-state index contributed by atoms with van der Waals surface area (Å²) in [5.74, 6) is -0.116. The highest BCUT2D eigenvalue weighted by Crippen LogP contribution is 2.24. The van der Waals surface area contributed by atoms with Gasteiger partial charge in [-0.05, 0) is 53.1 Å². The maximum Gasteiger partial charge on any atom is 0.261 e. The monoisotopic (exact) mass is 532 g/mol. The van der Waals surface area contributed by atoms with Gasteiger partial charge in [0.2, 0.25) is 10.0 Å². The smallest absolute Gasteiger partial charge is 0.261 e. The normalized spacial score (nSPS) is 11.1. The molecule has 196 valence electrons. The first-order valence-corrected chi connectivity index (χ1v) is 13.9. The molecule has 4 aromatic rings. The summed E-state index contributed by atoms with van der Waals surface area (Å²) in [6, 6.07) is 31.7. The number of anilines is 1. The van der Waals surface area contributed by atoms with Gasteiger partial charge in [0.15, 0.2) is 6.61 Å². The van der Waals surface area contributed by atoms with Gasteiger partial charge in [-0.25, -0.2) is 12.8 Å². The Hall–Kier alpha value is -4.17. The maximum absolute atomic E-state index is 13.3. The molecule has 0 fully saturated rings. The number of benzene rings is 4. The minimum Gasteiger partial charge on any atom is -0.484 e. The average molecular weight is 533 g/mol. The molecular weight excluding hydrogens is 503 g/mol. The molecule has 1 amide bonds. The van der Waals surface area contributed by atoms with Crippen LogP contribution in [0.2, 0.25) is 0 Å². The van der Waals surface area contributed by atoms with E-state index in [0.717, 1.165) is 17.4 Å². The van der Waals surface area contributed by atoms with E-state index in [9.17, 15) is 17.6 Å². The van der Waals surface area contributed by atoms with Crippen LogP contribution >= 0.6 is 0 Å². The molecule has 0 saturated heterocycles. The zero-order chi connectivity index (χ0) is 27.0. The van der Waals surface area contributed by atoms with E-state index in [0.29, 0.717) is 30.1 Å². The molecule has 0 aliphatic rings. The Morgan fingerprint density at radius 2 is 1.21 bits per heavy atom. The van der Waals surface area contributed by atoms with Crippen molar-refractivity contribution in [3.8, 4) is 5.75 Å². The fourth-order valence-electron chi connectivity index (χ4n) is 3.94. The molecule has 0 atom stereocenters. The number of carbonyl (C=O) groups excluding carboxylic acids is 1. The molecule has 38 heavy (non-hydrogen) atoms. The van der Waals surface area contributed by atoms with Crippen LogP contribution in [0.25, 0.3) is 0 Å². The summed E-state index contributed by atoms with van der Waals surface area (Å²) < 4.78 is 45.2. The molecule has 0 unspecified atom stereocenters. The number of halogens is 1. The minimum atomic E-state index is -3.60. The molecule has 0 bridgehead atoms. The van der Waals surface area contributed by atoms with Crippen molar-refractivity contribution in [2.24, 2.45) is 0 Å². The van der Waals surface area contributed by atoms with E-state index in [1.54, 1.807) is 41.3 Å². The molecule has 0 aliphatic heterocycles. The molecule has 0 heterocycles. The molecule has 4 aromatic carbocycles. The highest BCUT2D eigenvalue weighted by Gasteiger charge is 2.19. The number of ether oxygens (including phenoxy) is 1. The topological polar surface area (TPSA) is 66.9 Å². The van der Waals surface area contributed by atoms with Crippen molar-refractivity contribution >= 4 is 21.6 Å². The van der Waals surface area contributed by atoms with Gasteiger partial charge in [-0.3, -0.25) is 9.10 Å². The summed E-state index contributed by atoms with van der Waals surface area (Å²) in [6.45, 7) is 0.795. The number of carbonyl (C=O) groups is 1. The Morgan fingerprint density at radius 1 is 0.711 bits per heavy atom. The lowest BCUT2D eigenvalue weighted by Gasteiger charge is -2.24. The third-order valence-corrected chi connectivity index (χ3v) is 7.05. The molecule has 8 heteroatoms. The molecular formula is C30H29FN2O4S. The molecule has 0 radical (unpaired) electrons. The molecule has 0 saturated carbocycles. The second-order valence-electron chi connectivity index (χ2n) is 8.90. The highest BCUT2D eigenvalue weighted by atomic mass is 32.2. The second-order valence-corrected chi connectivity index (χ2v) is 10.8. The van der Waals surface area contributed by atoms with Crippen LogP contribution < -0.4 is 9.04 Å². The molecule has 0 N–H and O–H groups in total. The quantitative estimate of drug-likeness (QED) is 0.259. The summed E-state index contributed by atoms with van der Waals surface area (Å²) in [5.41, 5.74) is 3.12. The Kier molecular flexibility index (Phi) is 8.76. The van der Waals surface area contributed by atoms with Gasteiger partial charge >= 0.3 is 0 Å². The third kappa shape index (κ3) is 7.66. The fraction of sp³-hybridized carbons (Fsp3) is 0.167. The molecule has 4 rings (SSSR count). The maximum atomic E-state index is 13.3. The zero-order valence-corrected chi connectivity index (χ0v) is 21.9. The van der Waals surface area contributed by atoms with Crippen LogP contribution in [0, 0.1) is 5.82 Å². The Morgan fingerprint density at radius 3 is 1.71 bits per heavy atom. The first-order valence-electron chi connectivity index (χ1n) is 12.1. The molecule has 0 spiro atoms. The van der Waals surface area contributed by atoms with Crippen LogP contribution in [0.5, 0.6) is 5.75 Å². The van der Waals surface area contributed by atoms with Gasteiger partial charge in [0.25, 0.3) is 5.91 Å². The molecule has 0 aliphatic carbocycles. The van der Waals surface area contributed by atoms with Crippen LogP contribution in [-0.2, 0) is 34.5 Å².